The average Bonchev–Trinajstić information content (AvgIpc) is 2.79. The van der Waals surface area contributed by atoms with Crippen molar-refractivity contribution in [2.75, 3.05) is 27.3 Å². The van der Waals surface area contributed by atoms with Gasteiger partial charge < -0.3 is 19.7 Å². The minimum atomic E-state index is 0.0540. The maximum absolute atomic E-state index is 9.55. The van der Waals surface area contributed by atoms with Gasteiger partial charge in [0.1, 0.15) is 11.5 Å². The van der Waals surface area contributed by atoms with Gasteiger partial charge in [-0.05, 0) is 24.6 Å². The summed E-state index contributed by atoms with van der Waals surface area (Å²) in [5.41, 5.74) is 0.879. The molecule has 5 heteroatoms. The van der Waals surface area contributed by atoms with Crippen LogP contribution in [0.2, 0.25) is 0 Å². The molecule has 106 valence electrons. The normalized spacial score (nSPS) is 25.6. The fourth-order valence-electron chi connectivity index (χ4n) is 2.61. The van der Waals surface area contributed by atoms with Crippen LogP contribution >= 0.6 is 0 Å². The Hall–Kier alpha value is -1.30. The van der Waals surface area contributed by atoms with E-state index in [1.54, 1.807) is 26.4 Å². The summed E-state index contributed by atoms with van der Waals surface area (Å²) in [7, 11) is 3.37. The number of hydrogen-bond donors (Lipinski definition) is 2. The molecule has 3 unspecified atom stereocenters. The molecule has 19 heavy (non-hydrogen) atoms. The lowest BCUT2D eigenvalue weighted by Gasteiger charge is -2.24. The molecule has 0 amide bonds. The summed E-state index contributed by atoms with van der Waals surface area (Å²) < 4.78 is 10.8. The molecule has 2 rings (SSSR count). The van der Waals surface area contributed by atoms with Gasteiger partial charge in [-0.15, -0.1) is 0 Å². The Balaban J connectivity index is 2.14. The molecule has 5 nitrogen and oxygen atoms in total. The predicted octanol–water partition coefficient (Wildman–Crippen LogP) is 1.50. The summed E-state index contributed by atoms with van der Waals surface area (Å²) >= 11 is 0. The molecule has 2 N–H and O–H groups in total. The van der Waals surface area contributed by atoms with Gasteiger partial charge in [-0.3, -0.25) is 4.90 Å². The lowest BCUT2D eigenvalue weighted by Crippen LogP contribution is -2.27. The lowest BCUT2D eigenvalue weighted by atomic mass is 10.1. The molecule has 0 aromatic heterocycles. The zero-order valence-electron chi connectivity index (χ0n) is 11.5. The van der Waals surface area contributed by atoms with E-state index in [1.165, 1.54) is 6.07 Å². The average molecular weight is 267 g/mol. The Bertz CT molecular complexity index is 405. The van der Waals surface area contributed by atoms with E-state index in [4.69, 9.17) is 9.47 Å². The molecule has 1 aromatic rings. The van der Waals surface area contributed by atoms with Gasteiger partial charge in [0.2, 0.25) is 0 Å². The largest absolute Gasteiger partial charge is 0.508 e. The number of benzene rings is 1. The topological polar surface area (TPSA) is 62.2 Å². The maximum atomic E-state index is 9.55. The molecule has 0 spiro atoms. The zero-order chi connectivity index (χ0) is 14.0. The first-order chi connectivity index (χ1) is 9.05. The Morgan fingerprint density at radius 3 is 1.95 bits per heavy atom. The summed E-state index contributed by atoms with van der Waals surface area (Å²) in [5, 5.41) is 19.1. The second-order valence-corrected chi connectivity index (χ2v) is 4.96. The fourth-order valence-corrected chi connectivity index (χ4v) is 2.61. The van der Waals surface area contributed by atoms with Crippen LogP contribution in [0, 0.1) is 0 Å². The number of phenols is 2. The molecule has 1 aliphatic heterocycles. The molecule has 0 bridgehead atoms. The van der Waals surface area contributed by atoms with Crippen LogP contribution in [0.25, 0.3) is 0 Å². The SMILES string of the molecule is COC1CN(C(C)c2cc(O)cc(O)c2)CC1OC. The first kappa shape index (κ1) is 14.1. The van der Waals surface area contributed by atoms with E-state index >= 15 is 0 Å². The highest BCUT2D eigenvalue weighted by Gasteiger charge is 2.35. The van der Waals surface area contributed by atoms with Gasteiger partial charge >= 0.3 is 0 Å². The predicted molar refractivity (Wildman–Crippen MR) is 71.4 cm³/mol. The van der Waals surface area contributed by atoms with E-state index in [9.17, 15) is 10.2 Å². The van der Waals surface area contributed by atoms with E-state index < -0.39 is 0 Å². The monoisotopic (exact) mass is 267 g/mol. The zero-order valence-corrected chi connectivity index (χ0v) is 11.5. The standard InChI is InChI=1S/C14H21NO4/c1-9(10-4-11(16)6-12(17)5-10)15-7-13(18-2)14(8-15)19-3/h4-6,9,13-14,16-17H,7-8H2,1-3H3. The smallest absolute Gasteiger partial charge is 0.119 e. The molecule has 0 radical (unpaired) electrons. The Kier molecular flexibility index (Phi) is 4.29. The van der Waals surface area contributed by atoms with Crippen molar-refractivity contribution in [3.05, 3.63) is 23.8 Å². The molecular weight excluding hydrogens is 246 g/mol. The molecular formula is C14H21NO4. The van der Waals surface area contributed by atoms with Crippen LogP contribution in [0.3, 0.4) is 0 Å². The van der Waals surface area contributed by atoms with Gasteiger partial charge in [-0.25, -0.2) is 0 Å². The van der Waals surface area contributed by atoms with Crippen molar-refractivity contribution in [3.63, 3.8) is 0 Å². The fraction of sp³-hybridized carbons (Fsp3) is 0.571. The maximum Gasteiger partial charge on any atom is 0.119 e. The van der Waals surface area contributed by atoms with Crippen molar-refractivity contribution in [1.29, 1.82) is 0 Å². The number of rotatable bonds is 4. The molecule has 3 atom stereocenters. The second-order valence-electron chi connectivity index (χ2n) is 4.96. The number of phenolic OH excluding ortho intramolecular Hbond substituents is 2. The van der Waals surface area contributed by atoms with E-state index in [0.717, 1.165) is 18.7 Å². The summed E-state index contributed by atoms with van der Waals surface area (Å²) in [6, 6.07) is 4.75. The molecule has 1 fully saturated rings. The quantitative estimate of drug-likeness (QED) is 0.865. The van der Waals surface area contributed by atoms with Crippen molar-refractivity contribution in [3.8, 4) is 11.5 Å². The van der Waals surface area contributed by atoms with Crippen molar-refractivity contribution in [1.82, 2.24) is 4.90 Å². The van der Waals surface area contributed by atoms with Crippen LogP contribution in [0.5, 0.6) is 11.5 Å². The van der Waals surface area contributed by atoms with Gasteiger partial charge in [0.15, 0.2) is 0 Å². The summed E-state index contributed by atoms with van der Waals surface area (Å²) in [6.07, 6.45) is 0.108. The molecule has 0 saturated carbocycles. The van der Waals surface area contributed by atoms with Crippen LogP contribution in [0.15, 0.2) is 18.2 Å². The second kappa shape index (κ2) is 5.77. The molecule has 1 saturated heterocycles. The van der Waals surface area contributed by atoms with E-state index in [0.29, 0.717) is 0 Å². The molecule has 1 heterocycles. The summed E-state index contributed by atoms with van der Waals surface area (Å²) in [5.74, 6) is 0.153. The van der Waals surface area contributed by atoms with Crippen LogP contribution in [-0.2, 0) is 9.47 Å². The minimum absolute atomic E-state index is 0.0540. The van der Waals surface area contributed by atoms with Crippen molar-refractivity contribution in [2.24, 2.45) is 0 Å². The van der Waals surface area contributed by atoms with Crippen LogP contribution in [-0.4, -0.2) is 54.6 Å². The van der Waals surface area contributed by atoms with Gasteiger partial charge in [-0.2, -0.15) is 0 Å². The van der Waals surface area contributed by atoms with E-state index in [1.807, 2.05) is 6.92 Å². The number of hydrogen-bond acceptors (Lipinski definition) is 5. The number of nitrogens with zero attached hydrogens (tertiary/aromatic N) is 1. The third kappa shape index (κ3) is 3.00. The van der Waals surface area contributed by atoms with Gasteiger partial charge in [0.25, 0.3) is 0 Å². The first-order valence-corrected chi connectivity index (χ1v) is 6.37. The van der Waals surface area contributed by atoms with E-state index in [-0.39, 0.29) is 29.7 Å². The Labute approximate surface area is 113 Å². The number of methoxy groups -OCH3 is 2. The van der Waals surface area contributed by atoms with Crippen LogP contribution in [0.4, 0.5) is 0 Å². The number of ether oxygens (including phenoxy) is 2. The third-order valence-corrected chi connectivity index (χ3v) is 3.80. The highest BCUT2D eigenvalue weighted by molar-refractivity contribution is 5.38. The number of aromatic hydroxyl groups is 2. The molecule has 1 aliphatic rings. The number of likely N-dealkylation sites (tertiary alicyclic amines) is 1. The Morgan fingerprint density at radius 2 is 1.53 bits per heavy atom. The third-order valence-electron chi connectivity index (χ3n) is 3.80. The summed E-state index contributed by atoms with van der Waals surface area (Å²) in [4.78, 5) is 2.22. The Morgan fingerprint density at radius 1 is 1.05 bits per heavy atom. The van der Waals surface area contributed by atoms with Crippen molar-refractivity contribution in [2.45, 2.75) is 25.2 Å². The molecule has 1 aromatic carbocycles. The van der Waals surface area contributed by atoms with Crippen molar-refractivity contribution < 1.29 is 19.7 Å². The van der Waals surface area contributed by atoms with Gasteiger partial charge in [0, 0.05) is 39.4 Å². The van der Waals surface area contributed by atoms with Crippen LogP contribution < -0.4 is 0 Å². The van der Waals surface area contributed by atoms with Gasteiger partial charge in [-0.1, -0.05) is 0 Å². The highest BCUT2D eigenvalue weighted by Crippen LogP contribution is 2.31. The van der Waals surface area contributed by atoms with Crippen molar-refractivity contribution >= 4 is 0 Å². The molecule has 0 aliphatic carbocycles. The summed E-state index contributed by atoms with van der Waals surface area (Å²) in [6.45, 7) is 3.58. The van der Waals surface area contributed by atoms with Crippen LogP contribution in [0.1, 0.15) is 18.5 Å². The lowest BCUT2D eigenvalue weighted by molar-refractivity contribution is -0.00461. The first-order valence-electron chi connectivity index (χ1n) is 6.37. The highest BCUT2D eigenvalue weighted by atomic mass is 16.5. The minimum Gasteiger partial charge on any atom is -0.508 e. The van der Waals surface area contributed by atoms with E-state index in [2.05, 4.69) is 4.90 Å². The van der Waals surface area contributed by atoms with Gasteiger partial charge in [0.05, 0.1) is 12.2 Å².